The van der Waals surface area contributed by atoms with E-state index in [2.05, 4.69) is 4.98 Å². The van der Waals surface area contributed by atoms with Crippen LogP contribution < -0.4 is 9.47 Å². The third-order valence-electron chi connectivity index (χ3n) is 7.27. The second-order valence-electron chi connectivity index (χ2n) is 9.56. The molecule has 1 amide bonds. The van der Waals surface area contributed by atoms with Gasteiger partial charge in [0.2, 0.25) is 5.91 Å². The number of ether oxygens (including phenoxy) is 3. The Morgan fingerprint density at radius 3 is 2.72 bits per heavy atom. The highest BCUT2D eigenvalue weighted by molar-refractivity contribution is 7.98. The molecule has 13 heteroatoms. The van der Waals surface area contributed by atoms with Crippen LogP contribution in [0.1, 0.15) is 25.1 Å². The number of hydrogen-bond donors (Lipinski definition) is 2. The average molecular weight is 574 g/mol. The summed E-state index contributed by atoms with van der Waals surface area (Å²) in [5.41, 5.74) is -0.608. The molecule has 1 unspecified atom stereocenters. The van der Waals surface area contributed by atoms with Gasteiger partial charge in [0.25, 0.3) is 0 Å². The molecule has 1 fully saturated rings. The van der Waals surface area contributed by atoms with E-state index in [4.69, 9.17) is 14.2 Å². The number of rotatable bonds is 9. The number of thioether (sulfide) groups is 1. The van der Waals surface area contributed by atoms with Crippen molar-refractivity contribution < 1.29 is 38.8 Å². The number of β-lactam (4-membered cyclic amide) rings is 1. The SMILES string of the molecule is COc1cccc(OC(=O)OCCC2(C)C(c3cn4cnc(SC)c4s3)=C(C(=O)O)N3C(=O)[C@H]([C@@H](C)O)[C@@H]32)c1. The molecule has 1 aromatic carbocycles. The Hall–Kier alpha value is -3.55. The lowest BCUT2D eigenvalue weighted by atomic mass is 9.66. The van der Waals surface area contributed by atoms with Crippen LogP contribution in [0.25, 0.3) is 10.4 Å². The zero-order chi connectivity index (χ0) is 28.1. The molecular formula is C26H27N3O8S2. The number of thiazole rings is 1. The minimum absolute atomic E-state index is 0.108. The Morgan fingerprint density at radius 2 is 2.05 bits per heavy atom. The summed E-state index contributed by atoms with van der Waals surface area (Å²) in [6.45, 7) is 3.26. The first-order valence-corrected chi connectivity index (χ1v) is 14.1. The summed E-state index contributed by atoms with van der Waals surface area (Å²) in [5, 5.41) is 21.5. The number of methoxy groups -OCH3 is 1. The molecule has 0 saturated carbocycles. The van der Waals surface area contributed by atoms with E-state index in [1.165, 1.54) is 42.0 Å². The molecule has 0 radical (unpaired) electrons. The van der Waals surface area contributed by atoms with Crippen molar-refractivity contribution >= 4 is 51.5 Å². The van der Waals surface area contributed by atoms with Crippen molar-refractivity contribution in [3.8, 4) is 11.5 Å². The third-order valence-corrected chi connectivity index (χ3v) is 9.21. The van der Waals surface area contributed by atoms with Gasteiger partial charge in [-0.1, -0.05) is 13.0 Å². The van der Waals surface area contributed by atoms with E-state index < -0.39 is 41.5 Å². The summed E-state index contributed by atoms with van der Waals surface area (Å²) in [6.07, 6.45) is 3.63. The molecule has 11 nitrogen and oxygen atoms in total. The van der Waals surface area contributed by atoms with Crippen LogP contribution in [0.3, 0.4) is 0 Å². The van der Waals surface area contributed by atoms with Crippen LogP contribution in [0, 0.1) is 11.3 Å². The van der Waals surface area contributed by atoms with Gasteiger partial charge in [-0.2, -0.15) is 0 Å². The van der Waals surface area contributed by atoms with E-state index in [0.29, 0.717) is 16.2 Å². The predicted octanol–water partition coefficient (Wildman–Crippen LogP) is 3.76. The molecule has 0 bridgehead atoms. The van der Waals surface area contributed by atoms with E-state index in [-0.39, 0.29) is 24.5 Å². The van der Waals surface area contributed by atoms with Gasteiger partial charge in [0.15, 0.2) is 0 Å². The molecule has 1 saturated heterocycles. The highest BCUT2D eigenvalue weighted by atomic mass is 32.2. The zero-order valence-corrected chi connectivity index (χ0v) is 23.2. The minimum atomic E-state index is -1.24. The Labute approximate surface area is 232 Å². The summed E-state index contributed by atoms with van der Waals surface area (Å²) in [7, 11) is 1.50. The summed E-state index contributed by atoms with van der Waals surface area (Å²) in [6, 6.07) is 5.89. The van der Waals surface area contributed by atoms with Crippen LogP contribution in [0.5, 0.6) is 11.5 Å². The number of carbonyl (C=O) groups excluding carboxylic acids is 2. The van der Waals surface area contributed by atoms with E-state index in [1.54, 1.807) is 36.8 Å². The molecule has 4 heterocycles. The molecule has 2 aromatic heterocycles. The first-order valence-electron chi connectivity index (χ1n) is 12.1. The van der Waals surface area contributed by atoms with E-state index in [9.17, 15) is 24.6 Å². The molecule has 206 valence electrons. The molecule has 3 aromatic rings. The fourth-order valence-electron chi connectivity index (χ4n) is 5.50. The molecule has 5 rings (SSSR count). The Bertz CT molecular complexity index is 1500. The molecule has 2 aliphatic heterocycles. The number of aliphatic carboxylic acids is 1. The highest BCUT2D eigenvalue weighted by Crippen LogP contribution is 2.60. The van der Waals surface area contributed by atoms with E-state index in [0.717, 1.165) is 9.86 Å². The van der Waals surface area contributed by atoms with Crippen LogP contribution in [-0.4, -0.2) is 74.6 Å². The van der Waals surface area contributed by atoms with Gasteiger partial charge in [0, 0.05) is 23.3 Å². The Morgan fingerprint density at radius 1 is 1.31 bits per heavy atom. The van der Waals surface area contributed by atoms with Crippen LogP contribution >= 0.6 is 23.1 Å². The quantitative estimate of drug-likeness (QED) is 0.168. The van der Waals surface area contributed by atoms with Crippen molar-refractivity contribution in [1.29, 1.82) is 0 Å². The normalized spacial score (nSPS) is 23.0. The second kappa shape index (κ2) is 10.2. The fraction of sp³-hybridized carbons (Fsp3) is 0.385. The standard InChI is InChI=1S/C26H27N3O8S2/c1-13(30)17-20-26(2,8-9-36-25(34)37-15-7-5-6-14(10-15)35-3)18(19(24(32)33)29(20)22(17)31)16-11-28-12-27-21(38-4)23(28)39-16/h5-7,10-13,17,20,30H,8-9H2,1-4H3,(H,32,33)/t13-,17-,20-,26?/m1/s1. The average Bonchev–Trinajstić information content (AvgIpc) is 3.52. The van der Waals surface area contributed by atoms with Gasteiger partial charge in [-0.25, -0.2) is 14.6 Å². The molecule has 2 N–H and O–H groups in total. The number of carboxylic acids is 1. The molecule has 0 spiro atoms. The van der Waals surface area contributed by atoms with E-state index >= 15 is 0 Å². The van der Waals surface area contributed by atoms with Gasteiger partial charge >= 0.3 is 12.1 Å². The van der Waals surface area contributed by atoms with Gasteiger partial charge in [0.1, 0.15) is 33.4 Å². The van der Waals surface area contributed by atoms with Crippen LogP contribution in [0.2, 0.25) is 0 Å². The number of aliphatic hydroxyl groups excluding tert-OH is 1. The van der Waals surface area contributed by atoms with Gasteiger partial charge in [-0.15, -0.1) is 23.1 Å². The van der Waals surface area contributed by atoms with Crippen molar-refractivity contribution in [2.75, 3.05) is 20.0 Å². The number of aromatic nitrogens is 2. The molecule has 2 aliphatic rings. The van der Waals surface area contributed by atoms with Crippen LogP contribution in [0.4, 0.5) is 4.79 Å². The maximum Gasteiger partial charge on any atom is 0.513 e. The number of hydrogen-bond acceptors (Lipinski definition) is 10. The van der Waals surface area contributed by atoms with Crippen molar-refractivity contribution in [3.63, 3.8) is 0 Å². The van der Waals surface area contributed by atoms with Crippen molar-refractivity contribution in [1.82, 2.24) is 14.3 Å². The number of imidazole rings is 1. The van der Waals surface area contributed by atoms with Gasteiger partial charge in [-0.3, -0.25) is 9.20 Å². The lowest BCUT2D eigenvalue weighted by molar-refractivity contribution is -0.167. The van der Waals surface area contributed by atoms with Crippen molar-refractivity contribution in [2.45, 2.75) is 37.4 Å². The van der Waals surface area contributed by atoms with Gasteiger partial charge < -0.3 is 29.3 Å². The molecular weight excluding hydrogens is 546 g/mol. The number of carboxylic acid groups (broad SMARTS) is 1. The smallest absolute Gasteiger partial charge is 0.497 e. The third kappa shape index (κ3) is 4.43. The van der Waals surface area contributed by atoms with Crippen molar-refractivity contribution in [3.05, 3.63) is 47.4 Å². The molecule has 4 atom stereocenters. The van der Waals surface area contributed by atoms with Gasteiger partial charge in [0.05, 0.1) is 36.7 Å². The molecule has 39 heavy (non-hydrogen) atoms. The first kappa shape index (κ1) is 27.0. The number of nitrogens with zero attached hydrogens (tertiary/aromatic N) is 3. The summed E-state index contributed by atoms with van der Waals surface area (Å²) >= 11 is 2.85. The van der Waals surface area contributed by atoms with Crippen LogP contribution in [0.15, 0.2) is 47.5 Å². The maximum atomic E-state index is 13.1. The lowest BCUT2D eigenvalue weighted by Gasteiger charge is -2.50. The number of aliphatic hydroxyl groups is 1. The van der Waals surface area contributed by atoms with Crippen molar-refractivity contribution in [2.24, 2.45) is 11.3 Å². The summed E-state index contributed by atoms with van der Waals surface area (Å²) in [5.74, 6) is -1.71. The lowest BCUT2D eigenvalue weighted by Crippen LogP contribution is -2.66. The number of carbonyl (C=O) groups is 3. The first-order chi connectivity index (χ1) is 18.6. The number of amides is 1. The maximum absolute atomic E-state index is 13.1. The summed E-state index contributed by atoms with van der Waals surface area (Å²) in [4.78, 5) is 45.2. The predicted molar refractivity (Wildman–Crippen MR) is 143 cm³/mol. The highest BCUT2D eigenvalue weighted by Gasteiger charge is 2.66. The topological polar surface area (TPSA) is 140 Å². The number of fused-ring (bicyclic) bond motifs is 2. The van der Waals surface area contributed by atoms with Gasteiger partial charge in [-0.05, 0) is 31.7 Å². The second-order valence-corrected chi connectivity index (χ2v) is 11.4. The molecule has 0 aliphatic carbocycles. The fourth-order valence-corrected chi connectivity index (χ4v) is 7.46. The Kier molecular flexibility index (Phi) is 7.08. The Balaban J connectivity index is 1.46. The zero-order valence-electron chi connectivity index (χ0n) is 21.6. The summed E-state index contributed by atoms with van der Waals surface area (Å²) < 4.78 is 17.6. The monoisotopic (exact) mass is 573 g/mol. The minimum Gasteiger partial charge on any atom is -0.497 e. The van der Waals surface area contributed by atoms with E-state index in [1.807, 2.05) is 17.6 Å². The largest absolute Gasteiger partial charge is 0.513 e. The number of benzene rings is 1. The van der Waals surface area contributed by atoms with Crippen LogP contribution in [-0.2, 0) is 14.3 Å².